The van der Waals surface area contributed by atoms with Crippen LogP contribution in [0.1, 0.15) is 12.1 Å². The highest BCUT2D eigenvalue weighted by Gasteiger charge is 2.21. The van der Waals surface area contributed by atoms with Gasteiger partial charge in [-0.25, -0.2) is 0 Å². The van der Waals surface area contributed by atoms with E-state index < -0.39 is 0 Å². The van der Waals surface area contributed by atoms with Crippen molar-refractivity contribution in [1.29, 1.82) is 0 Å². The zero-order valence-corrected chi connectivity index (χ0v) is 9.93. The van der Waals surface area contributed by atoms with Gasteiger partial charge in [-0.3, -0.25) is 4.98 Å². The van der Waals surface area contributed by atoms with Crippen molar-refractivity contribution in [3.63, 3.8) is 0 Å². The average molecular weight is 220 g/mol. The van der Waals surface area contributed by atoms with Crippen LogP contribution in [-0.2, 0) is 11.2 Å². The van der Waals surface area contributed by atoms with Crippen LogP contribution in [0, 0.1) is 5.92 Å². The number of likely N-dealkylation sites (tertiary alicyclic amines) is 1. The fourth-order valence-electron chi connectivity index (χ4n) is 2.31. The molecule has 1 aromatic heterocycles. The predicted octanol–water partition coefficient (Wildman–Crippen LogP) is 1.59. The molecule has 88 valence electrons. The number of rotatable bonds is 5. The molecule has 1 atom stereocenters. The Hall–Kier alpha value is -0.930. The van der Waals surface area contributed by atoms with Crippen molar-refractivity contribution in [2.24, 2.45) is 5.92 Å². The highest BCUT2D eigenvalue weighted by molar-refractivity contribution is 5.03. The first-order valence-corrected chi connectivity index (χ1v) is 5.99. The lowest BCUT2D eigenvalue weighted by atomic mass is 10.1. The molecule has 3 nitrogen and oxygen atoms in total. The molecule has 1 aromatic rings. The van der Waals surface area contributed by atoms with E-state index in [1.807, 2.05) is 12.3 Å². The Morgan fingerprint density at radius 3 is 3.19 bits per heavy atom. The number of hydrogen-bond donors (Lipinski definition) is 0. The molecule has 1 aliphatic heterocycles. The van der Waals surface area contributed by atoms with Crippen LogP contribution in [0.4, 0.5) is 0 Å². The smallest absolute Gasteiger partial charge is 0.0503 e. The number of pyridine rings is 1. The predicted molar refractivity (Wildman–Crippen MR) is 64.4 cm³/mol. The Morgan fingerprint density at radius 1 is 1.50 bits per heavy atom. The fraction of sp³-hybridized carbons (Fsp3) is 0.615. The highest BCUT2D eigenvalue weighted by atomic mass is 16.5. The maximum absolute atomic E-state index is 5.20. The molecule has 1 saturated heterocycles. The van der Waals surface area contributed by atoms with Crippen molar-refractivity contribution in [2.45, 2.75) is 12.8 Å². The van der Waals surface area contributed by atoms with Crippen molar-refractivity contribution in [1.82, 2.24) is 9.88 Å². The molecule has 2 heterocycles. The SMILES string of the molecule is COC[C@H]1CCN(CCc2ccccn2)C1. The molecular weight excluding hydrogens is 200 g/mol. The minimum Gasteiger partial charge on any atom is -0.384 e. The summed E-state index contributed by atoms with van der Waals surface area (Å²) in [6.45, 7) is 4.42. The van der Waals surface area contributed by atoms with E-state index in [2.05, 4.69) is 22.0 Å². The van der Waals surface area contributed by atoms with Gasteiger partial charge in [0.15, 0.2) is 0 Å². The molecule has 1 fully saturated rings. The first-order chi connectivity index (χ1) is 7.88. The van der Waals surface area contributed by atoms with E-state index in [0.29, 0.717) is 0 Å². The first-order valence-electron chi connectivity index (χ1n) is 5.99. The number of ether oxygens (including phenoxy) is 1. The van der Waals surface area contributed by atoms with Crippen LogP contribution in [0.25, 0.3) is 0 Å². The van der Waals surface area contributed by atoms with Crippen LogP contribution in [0.2, 0.25) is 0 Å². The molecule has 0 aliphatic carbocycles. The number of aromatic nitrogens is 1. The van der Waals surface area contributed by atoms with E-state index in [-0.39, 0.29) is 0 Å². The van der Waals surface area contributed by atoms with Gasteiger partial charge < -0.3 is 9.64 Å². The molecule has 0 saturated carbocycles. The molecule has 0 bridgehead atoms. The zero-order chi connectivity index (χ0) is 11.2. The molecular formula is C13H20N2O. The van der Waals surface area contributed by atoms with Gasteiger partial charge in [0.2, 0.25) is 0 Å². The third kappa shape index (κ3) is 3.29. The van der Waals surface area contributed by atoms with Crippen molar-refractivity contribution < 1.29 is 4.74 Å². The van der Waals surface area contributed by atoms with Crippen LogP contribution in [0.15, 0.2) is 24.4 Å². The molecule has 0 amide bonds. The van der Waals surface area contributed by atoms with Gasteiger partial charge in [0, 0.05) is 38.5 Å². The van der Waals surface area contributed by atoms with Gasteiger partial charge in [-0.05, 0) is 31.0 Å². The first kappa shape index (κ1) is 11.6. The molecule has 2 rings (SSSR count). The highest BCUT2D eigenvalue weighted by Crippen LogP contribution is 2.16. The summed E-state index contributed by atoms with van der Waals surface area (Å²) in [7, 11) is 1.79. The maximum atomic E-state index is 5.20. The second-order valence-electron chi connectivity index (χ2n) is 4.48. The van der Waals surface area contributed by atoms with Crippen molar-refractivity contribution in [3.05, 3.63) is 30.1 Å². The van der Waals surface area contributed by atoms with E-state index in [9.17, 15) is 0 Å². The van der Waals surface area contributed by atoms with E-state index in [0.717, 1.165) is 25.5 Å². The molecule has 0 radical (unpaired) electrons. The Labute approximate surface area is 97.4 Å². The second kappa shape index (κ2) is 5.97. The minimum absolute atomic E-state index is 0.730. The van der Waals surface area contributed by atoms with Gasteiger partial charge in [-0.15, -0.1) is 0 Å². The monoisotopic (exact) mass is 220 g/mol. The maximum Gasteiger partial charge on any atom is 0.0503 e. The van der Waals surface area contributed by atoms with Crippen LogP contribution >= 0.6 is 0 Å². The molecule has 0 unspecified atom stereocenters. The summed E-state index contributed by atoms with van der Waals surface area (Å²) in [6, 6.07) is 6.12. The van der Waals surface area contributed by atoms with Gasteiger partial charge in [-0.2, -0.15) is 0 Å². The van der Waals surface area contributed by atoms with E-state index in [4.69, 9.17) is 4.74 Å². The summed E-state index contributed by atoms with van der Waals surface area (Å²) in [5.74, 6) is 0.730. The third-order valence-electron chi connectivity index (χ3n) is 3.18. The molecule has 0 aromatic carbocycles. The number of methoxy groups -OCH3 is 1. The lowest BCUT2D eigenvalue weighted by Gasteiger charge is -2.15. The van der Waals surface area contributed by atoms with Gasteiger partial charge in [0.25, 0.3) is 0 Å². The van der Waals surface area contributed by atoms with Crippen LogP contribution in [0.5, 0.6) is 0 Å². The lowest BCUT2D eigenvalue weighted by Crippen LogP contribution is -2.24. The Morgan fingerprint density at radius 2 is 2.44 bits per heavy atom. The van der Waals surface area contributed by atoms with E-state index in [1.165, 1.54) is 25.2 Å². The van der Waals surface area contributed by atoms with Gasteiger partial charge in [0.1, 0.15) is 0 Å². The number of nitrogens with zero attached hydrogens (tertiary/aromatic N) is 2. The Kier molecular flexibility index (Phi) is 4.31. The van der Waals surface area contributed by atoms with E-state index in [1.54, 1.807) is 7.11 Å². The number of hydrogen-bond acceptors (Lipinski definition) is 3. The molecule has 1 aliphatic rings. The van der Waals surface area contributed by atoms with Crippen molar-refractivity contribution >= 4 is 0 Å². The average Bonchev–Trinajstić information content (AvgIpc) is 2.76. The lowest BCUT2D eigenvalue weighted by molar-refractivity contribution is 0.153. The summed E-state index contributed by atoms with van der Waals surface area (Å²) >= 11 is 0. The molecule has 0 spiro atoms. The van der Waals surface area contributed by atoms with Crippen molar-refractivity contribution in [3.8, 4) is 0 Å². The summed E-state index contributed by atoms with van der Waals surface area (Å²) in [6.07, 6.45) is 4.20. The topological polar surface area (TPSA) is 25.4 Å². The Bertz CT molecular complexity index is 302. The standard InChI is InChI=1S/C13H20N2O/c1-16-11-12-5-8-15(10-12)9-6-13-4-2-3-7-14-13/h2-4,7,12H,5-6,8-11H2,1H3/t12-/m0/s1. The van der Waals surface area contributed by atoms with Crippen LogP contribution < -0.4 is 0 Å². The third-order valence-corrected chi connectivity index (χ3v) is 3.18. The summed E-state index contributed by atoms with van der Waals surface area (Å²) in [5, 5.41) is 0. The fourth-order valence-corrected chi connectivity index (χ4v) is 2.31. The van der Waals surface area contributed by atoms with Crippen LogP contribution in [-0.4, -0.2) is 43.2 Å². The normalized spacial score (nSPS) is 21.4. The second-order valence-corrected chi connectivity index (χ2v) is 4.48. The van der Waals surface area contributed by atoms with E-state index >= 15 is 0 Å². The summed E-state index contributed by atoms with van der Waals surface area (Å²) < 4.78 is 5.20. The molecule has 3 heteroatoms. The zero-order valence-electron chi connectivity index (χ0n) is 9.93. The largest absolute Gasteiger partial charge is 0.384 e. The molecule has 0 N–H and O–H groups in total. The molecule has 16 heavy (non-hydrogen) atoms. The van der Waals surface area contributed by atoms with Gasteiger partial charge in [0.05, 0.1) is 6.61 Å². The van der Waals surface area contributed by atoms with Gasteiger partial charge >= 0.3 is 0 Å². The van der Waals surface area contributed by atoms with Crippen molar-refractivity contribution in [2.75, 3.05) is 33.4 Å². The van der Waals surface area contributed by atoms with Gasteiger partial charge in [-0.1, -0.05) is 6.07 Å². The minimum atomic E-state index is 0.730. The summed E-state index contributed by atoms with van der Waals surface area (Å²) in [5.41, 5.74) is 1.19. The summed E-state index contributed by atoms with van der Waals surface area (Å²) in [4.78, 5) is 6.86. The van der Waals surface area contributed by atoms with Crippen LogP contribution in [0.3, 0.4) is 0 Å². The Balaban J connectivity index is 1.72. The quantitative estimate of drug-likeness (QED) is 0.753.